The Morgan fingerprint density at radius 3 is 2.27 bits per heavy atom. The summed E-state index contributed by atoms with van der Waals surface area (Å²) in [5.41, 5.74) is 0.977. The van der Waals surface area contributed by atoms with Gasteiger partial charge >= 0.3 is 12.1 Å². The molecule has 6 nitrogen and oxygen atoms in total. The zero-order valence-corrected chi connectivity index (χ0v) is 18.4. The minimum absolute atomic E-state index is 0.314. The Morgan fingerprint density at radius 1 is 0.939 bits per heavy atom. The van der Waals surface area contributed by atoms with Crippen LogP contribution >= 0.6 is 0 Å². The molecule has 0 saturated carbocycles. The lowest BCUT2D eigenvalue weighted by Gasteiger charge is -2.14. The number of amides is 2. The van der Waals surface area contributed by atoms with Gasteiger partial charge in [0.15, 0.2) is 0 Å². The lowest BCUT2D eigenvalue weighted by molar-refractivity contribution is -0.208. The van der Waals surface area contributed by atoms with Crippen LogP contribution in [0.15, 0.2) is 72.8 Å². The number of fused-ring (bicyclic) bond motifs is 1. The van der Waals surface area contributed by atoms with Gasteiger partial charge in [0.1, 0.15) is 5.82 Å². The van der Waals surface area contributed by atoms with E-state index in [9.17, 15) is 13.6 Å². The van der Waals surface area contributed by atoms with E-state index in [2.05, 4.69) is 15.7 Å². The first kappa shape index (κ1) is 22.4. The third-order valence-electron chi connectivity index (χ3n) is 5.22. The number of carbonyl (C=O) groups excluding carboxylic acids is 1. The van der Waals surface area contributed by atoms with Gasteiger partial charge in [-0.3, -0.25) is 5.32 Å². The van der Waals surface area contributed by atoms with Crippen molar-refractivity contribution in [3.8, 4) is 5.69 Å². The Labute approximate surface area is 189 Å². The molecule has 2 amide bonds. The molecule has 3 N–H and O–H groups in total. The van der Waals surface area contributed by atoms with Crippen LogP contribution in [-0.4, -0.2) is 20.9 Å². The van der Waals surface area contributed by atoms with Crippen LogP contribution in [0.1, 0.15) is 32.0 Å². The fraction of sp³-hybridized carbons (Fsp3) is 0.200. The van der Waals surface area contributed by atoms with Crippen molar-refractivity contribution in [2.75, 3.05) is 10.6 Å². The third kappa shape index (κ3) is 4.85. The highest BCUT2D eigenvalue weighted by atomic mass is 19.3. The molecule has 0 aliphatic rings. The highest BCUT2D eigenvalue weighted by Crippen LogP contribution is 2.29. The number of carbonyl (C=O) groups is 1. The largest absolute Gasteiger partial charge is 0.380 e. The first-order chi connectivity index (χ1) is 15.5. The number of benzene rings is 3. The van der Waals surface area contributed by atoms with E-state index < -0.39 is 17.7 Å². The quantitative estimate of drug-likeness (QED) is 0.356. The summed E-state index contributed by atoms with van der Waals surface area (Å²) in [6, 6.07) is 19.7. The predicted octanol–water partition coefficient (Wildman–Crippen LogP) is 6.01. The number of alkyl halides is 2. The van der Waals surface area contributed by atoms with Crippen molar-refractivity contribution in [3.05, 3.63) is 84.1 Å². The highest BCUT2D eigenvalue weighted by molar-refractivity contribution is 6.06. The molecule has 0 aliphatic carbocycles. The van der Waals surface area contributed by atoms with Crippen LogP contribution in [-0.2, 0) is 11.5 Å². The van der Waals surface area contributed by atoms with Crippen molar-refractivity contribution in [2.24, 2.45) is 0 Å². The average molecular weight is 450 g/mol. The van der Waals surface area contributed by atoms with Crippen molar-refractivity contribution >= 4 is 28.3 Å². The van der Waals surface area contributed by atoms with Gasteiger partial charge in [-0.15, -0.1) is 0 Å². The maximum Gasteiger partial charge on any atom is 0.380 e. The first-order valence-corrected chi connectivity index (χ1v) is 10.4. The molecule has 1 aromatic heterocycles. The second-order valence-electron chi connectivity index (χ2n) is 8.77. The summed E-state index contributed by atoms with van der Waals surface area (Å²) >= 11 is 0. The van der Waals surface area contributed by atoms with Crippen LogP contribution in [0.4, 0.5) is 25.1 Å². The minimum atomic E-state index is -3.93. The van der Waals surface area contributed by atoms with Gasteiger partial charge in [-0.1, -0.05) is 57.2 Å². The number of nitrogens with one attached hydrogen (secondary N) is 2. The van der Waals surface area contributed by atoms with Gasteiger partial charge < -0.3 is 10.4 Å². The molecule has 0 unspecified atom stereocenters. The Balaban J connectivity index is 1.65. The molecule has 3 aromatic carbocycles. The Bertz CT molecular complexity index is 1300. The number of hydrogen-bond acceptors (Lipinski definition) is 3. The smallest absolute Gasteiger partial charge is 0.332 e. The van der Waals surface area contributed by atoms with Crippen molar-refractivity contribution in [2.45, 2.75) is 32.3 Å². The Hall–Kier alpha value is -3.78. The number of nitrogens with zero attached hydrogens (tertiary/aromatic N) is 2. The molecule has 0 radical (unpaired) electrons. The second kappa shape index (κ2) is 8.29. The summed E-state index contributed by atoms with van der Waals surface area (Å²) < 4.78 is 27.8. The fourth-order valence-corrected chi connectivity index (χ4v) is 3.44. The number of hydrogen-bond donors (Lipinski definition) is 3. The number of rotatable bonds is 4. The molecular weight excluding hydrogens is 426 g/mol. The van der Waals surface area contributed by atoms with Gasteiger partial charge in [0.05, 0.1) is 22.6 Å². The van der Waals surface area contributed by atoms with Crippen LogP contribution in [0.25, 0.3) is 16.5 Å². The second-order valence-corrected chi connectivity index (χ2v) is 8.77. The zero-order chi connectivity index (χ0) is 23.8. The first-order valence-electron chi connectivity index (χ1n) is 10.4. The third-order valence-corrected chi connectivity index (χ3v) is 5.22. The maximum atomic E-state index is 13.2. The normalized spacial score (nSPS) is 12.1. The molecule has 4 aromatic rings. The monoisotopic (exact) mass is 450 g/mol. The lowest BCUT2D eigenvalue weighted by atomic mass is 9.92. The van der Waals surface area contributed by atoms with Crippen LogP contribution in [0, 0.1) is 0 Å². The fourth-order valence-electron chi connectivity index (χ4n) is 3.44. The molecule has 4 rings (SSSR count). The average Bonchev–Trinajstić information content (AvgIpc) is 3.18. The van der Waals surface area contributed by atoms with Crippen LogP contribution < -0.4 is 10.6 Å². The van der Waals surface area contributed by atoms with Gasteiger partial charge in [-0.2, -0.15) is 13.9 Å². The molecule has 33 heavy (non-hydrogen) atoms. The van der Waals surface area contributed by atoms with Crippen molar-refractivity contribution < 1.29 is 18.7 Å². The van der Waals surface area contributed by atoms with E-state index in [1.807, 2.05) is 63.2 Å². The molecule has 0 aliphatic heterocycles. The summed E-state index contributed by atoms with van der Waals surface area (Å²) in [4.78, 5) is 12.9. The highest BCUT2D eigenvalue weighted by Gasteiger charge is 2.27. The van der Waals surface area contributed by atoms with Gasteiger partial charge in [0.25, 0.3) is 0 Å². The summed E-state index contributed by atoms with van der Waals surface area (Å²) in [7, 11) is 0. The van der Waals surface area contributed by atoms with Gasteiger partial charge in [-0.25, -0.2) is 9.48 Å². The summed E-state index contributed by atoms with van der Waals surface area (Å²) in [5, 5.41) is 21.1. The van der Waals surface area contributed by atoms with E-state index in [4.69, 9.17) is 5.11 Å². The van der Waals surface area contributed by atoms with Crippen LogP contribution in [0.5, 0.6) is 0 Å². The molecule has 170 valence electrons. The van der Waals surface area contributed by atoms with Gasteiger partial charge in [-0.05, 0) is 35.7 Å². The summed E-state index contributed by atoms with van der Waals surface area (Å²) in [5.74, 6) is 0.376. The van der Waals surface area contributed by atoms with E-state index in [1.165, 1.54) is 16.8 Å². The van der Waals surface area contributed by atoms with Crippen LogP contribution in [0.2, 0.25) is 0 Å². The summed E-state index contributed by atoms with van der Waals surface area (Å²) in [6.07, 6.45) is -3.93. The van der Waals surface area contributed by atoms with Crippen molar-refractivity contribution in [1.82, 2.24) is 9.78 Å². The SMILES string of the molecule is CC(C)(C)c1cc(NC(=O)Nc2cccc3ccccc23)n(-c2ccc(C(O)(F)F)cc2)n1. The zero-order valence-electron chi connectivity index (χ0n) is 18.4. The van der Waals surface area contributed by atoms with E-state index >= 15 is 0 Å². The number of aromatic nitrogens is 2. The Kier molecular flexibility index (Phi) is 5.63. The number of urea groups is 1. The predicted molar refractivity (Wildman–Crippen MR) is 125 cm³/mol. The van der Waals surface area contributed by atoms with E-state index in [-0.39, 0.29) is 5.41 Å². The van der Waals surface area contributed by atoms with Gasteiger partial charge in [0.2, 0.25) is 0 Å². The van der Waals surface area contributed by atoms with E-state index in [1.54, 1.807) is 6.07 Å². The molecule has 0 spiro atoms. The molecule has 8 heteroatoms. The molecule has 0 atom stereocenters. The molecule has 0 saturated heterocycles. The van der Waals surface area contributed by atoms with Crippen molar-refractivity contribution in [1.29, 1.82) is 0 Å². The minimum Gasteiger partial charge on any atom is -0.332 e. The molecule has 1 heterocycles. The number of aliphatic hydroxyl groups is 1. The topological polar surface area (TPSA) is 79.2 Å². The van der Waals surface area contributed by atoms with Crippen LogP contribution in [0.3, 0.4) is 0 Å². The lowest BCUT2D eigenvalue weighted by Crippen LogP contribution is -2.21. The number of halogens is 2. The van der Waals surface area contributed by atoms with E-state index in [0.29, 0.717) is 22.9 Å². The van der Waals surface area contributed by atoms with Gasteiger partial charge in [0, 0.05) is 16.9 Å². The Morgan fingerprint density at radius 2 is 1.61 bits per heavy atom. The molecule has 0 bridgehead atoms. The standard InChI is InChI=1S/C25H24F2N4O2/c1-24(2,3)21-15-22(31(30-21)18-13-11-17(12-14-18)25(26,27)33)29-23(32)28-20-10-6-8-16-7-4-5-9-19(16)20/h4-15,33H,1-3H3,(H2,28,29,32). The van der Waals surface area contributed by atoms with E-state index in [0.717, 1.165) is 22.9 Å². The summed E-state index contributed by atoms with van der Waals surface area (Å²) in [6.45, 7) is 5.94. The number of anilines is 2. The van der Waals surface area contributed by atoms with Crippen molar-refractivity contribution in [3.63, 3.8) is 0 Å². The molecule has 0 fully saturated rings. The maximum absolute atomic E-state index is 13.2. The molecular formula is C25H24F2N4O2.